The van der Waals surface area contributed by atoms with Crippen LogP contribution in [0, 0.1) is 0 Å². The molecule has 0 radical (unpaired) electrons. The zero-order chi connectivity index (χ0) is 21.2. The Morgan fingerprint density at radius 2 is 1.60 bits per heavy atom. The van der Waals surface area contributed by atoms with Gasteiger partial charge in [0, 0.05) is 0 Å². The van der Waals surface area contributed by atoms with E-state index in [0.29, 0.717) is 5.56 Å². The van der Waals surface area contributed by atoms with Gasteiger partial charge in [-0.1, -0.05) is 60.7 Å². The number of hydrogen-bond acceptors (Lipinski definition) is 5. The van der Waals surface area contributed by atoms with Gasteiger partial charge in [-0.3, -0.25) is 14.4 Å². The summed E-state index contributed by atoms with van der Waals surface area (Å²) in [4.78, 5) is 36.8. The number of esters is 1. The molecule has 1 aromatic heterocycles. The summed E-state index contributed by atoms with van der Waals surface area (Å²) in [6.07, 6.45) is 2.86. The topological polar surface area (TPSA) is 97.6 Å². The van der Waals surface area contributed by atoms with Crippen LogP contribution in [0.25, 0.3) is 6.08 Å². The first-order valence-corrected chi connectivity index (χ1v) is 9.21. The fourth-order valence-electron chi connectivity index (χ4n) is 2.50. The molecule has 1 heterocycles. The molecule has 30 heavy (non-hydrogen) atoms. The number of hydrogen-bond donors (Lipinski definition) is 2. The summed E-state index contributed by atoms with van der Waals surface area (Å²) in [6.45, 7) is -0.230. The average molecular weight is 404 g/mol. The second-order valence-corrected chi connectivity index (χ2v) is 6.23. The highest BCUT2D eigenvalue weighted by Crippen LogP contribution is 2.07. The summed E-state index contributed by atoms with van der Waals surface area (Å²) in [6, 6.07) is 21.2. The van der Waals surface area contributed by atoms with E-state index in [4.69, 9.17) is 9.15 Å². The van der Waals surface area contributed by atoms with E-state index >= 15 is 0 Å². The van der Waals surface area contributed by atoms with Crippen molar-refractivity contribution in [2.24, 2.45) is 0 Å². The summed E-state index contributed by atoms with van der Waals surface area (Å²) in [5, 5.41) is 4.98. The number of carbonyl (C=O) groups excluding carboxylic acids is 3. The van der Waals surface area contributed by atoms with E-state index in [9.17, 15) is 14.4 Å². The number of ether oxygens (including phenoxy) is 1. The lowest BCUT2D eigenvalue weighted by molar-refractivity contribution is -0.144. The van der Waals surface area contributed by atoms with Crippen molar-refractivity contribution in [1.29, 1.82) is 0 Å². The highest BCUT2D eigenvalue weighted by Gasteiger charge is 2.17. The average Bonchev–Trinajstić information content (AvgIpc) is 3.32. The number of amides is 2. The van der Waals surface area contributed by atoms with Gasteiger partial charge in [0.15, 0.2) is 5.76 Å². The maximum absolute atomic E-state index is 12.6. The zero-order valence-corrected chi connectivity index (χ0v) is 16.0. The van der Waals surface area contributed by atoms with Crippen LogP contribution in [-0.4, -0.2) is 24.3 Å². The molecule has 7 nitrogen and oxygen atoms in total. The summed E-state index contributed by atoms with van der Waals surface area (Å²) in [5.74, 6) is -1.74. The van der Waals surface area contributed by atoms with Crippen LogP contribution < -0.4 is 10.6 Å². The SMILES string of the molecule is O=C(CNC(=O)/C(=C/c1ccccc1)NC(=O)c1ccco1)OCc1ccccc1. The van der Waals surface area contributed by atoms with Gasteiger partial charge in [-0.05, 0) is 29.3 Å². The highest BCUT2D eigenvalue weighted by molar-refractivity contribution is 6.05. The maximum atomic E-state index is 12.6. The third-order valence-electron chi connectivity index (χ3n) is 3.98. The van der Waals surface area contributed by atoms with Crippen molar-refractivity contribution in [1.82, 2.24) is 10.6 Å². The Morgan fingerprint density at radius 3 is 2.27 bits per heavy atom. The lowest BCUT2D eigenvalue weighted by atomic mass is 10.2. The van der Waals surface area contributed by atoms with E-state index in [1.165, 1.54) is 18.4 Å². The van der Waals surface area contributed by atoms with Crippen LogP contribution in [-0.2, 0) is 20.9 Å². The van der Waals surface area contributed by atoms with Crippen molar-refractivity contribution in [3.63, 3.8) is 0 Å². The Hall–Kier alpha value is -4.13. The molecule has 2 amide bonds. The molecular weight excluding hydrogens is 384 g/mol. The number of nitrogens with one attached hydrogen (secondary N) is 2. The normalized spacial score (nSPS) is 10.9. The molecule has 3 aromatic rings. The van der Waals surface area contributed by atoms with Gasteiger partial charge in [0.2, 0.25) is 0 Å². The summed E-state index contributed by atoms with van der Waals surface area (Å²) in [7, 11) is 0. The largest absolute Gasteiger partial charge is 0.460 e. The molecular formula is C23H20N2O5. The second kappa shape index (κ2) is 10.4. The summed E-state index contributed by atoms with van der Waals surface area (Å²) in [5.41, 5.74) is 1.51. The van der Waals surface area contributed by atoms with E-state index in [1.807, 2.05) is 36.4 Å². The minimum atomic E-state index is -0.629. The quantitative estimate of drug-likeness (QED) is 0.444. The van der Waals surface area contributed by atoms with Crippen LogP contribution in [0.5, 0.6) is 0 Å². The molecule has 0 aliphatic carbocycles. The van der Waals surface area contributed by atoms with Crippen molar-refractivity contribution < 1.29 is 23.5 Å². The third kappa shape index (κ3) is 6.20. The molecule has 152 valence electrons. The fourth-order valence-corrected chi connectivity index (χ4v) is 2.50. The molecule has 0 aliphatic rings. The van der Waals surface area contributed by atoms with Gasteiger partial charge in [-0.2, -0.15) is 0 Å². The van der Waals surface area contributed by atoms with Gasteiger partial charge in [0.05, 0.1) is 6.26 Å². The van der Waals surface area contributed by atoms with Gasteiger partial charge in [0.25, 0.3) is 11.8 Å². The second-order valence-electron chi connectivity index (χ2n) is 6.23. The molecule has 0 bridgehead atoms. The standard InChI is InChI=1S/C23H20N2O5/c26-21(30-16-18-10-5-2-6-11-18)15-24-22(27)19(14-17-8-3-1-4-9-17)25-23(28)20-12-7-13-29-20/h1-14H,15-16H2,(H,24,27)(H,25,28)/b19-14-. The smallest absolute Gasteiger partial charge is 0.325 e. The molecule has 3 rings (SSSR count). The molecule has 2 N–H and O–H groups in total. The predicted molar refractivity (Wildman–Crippen MR) is 110 cm³/mol. The van der Waals surface area contributed by atoms with E-state index in [2.05, 4.69) is 10.6 Å². The van der Waals surface area contributed by atoms with Crippen LogP contribution in [0.1, 0.15) is 21.7 Å². The first-order chi connectivity index (χ1) is 14.6. The van der Waals surface area contributed by atoms with Crippen LogP contribution in [0.3, 0.4) is 0 Å². The van der Waals surface area contributed by atoms with Crippen LogP contribution >= 0.6 is 0 Å². The zero-order valence-electron chi connectivity index (χ0n) is 16.0. The van der Waals surface area contributed by atoms with Crippen LogP contribution in [0.15, 0.2) is 89.2 Å². The van der Waals surface area contributed by atoms with E-state index < -0.39 is 17.8 Å². The Kier molecular flexibility index (Phi) is 7.16. The summed E-state index contributed by atoms with van der Waals surface area (Å²) >= 11 is 0. The first-order valence-electron chi connectivity index (χ1n) is 9.21. The molecule has 0 aliphatic heterocycles. The predicted octanol–water partition coefficient (Wildman–Crippen LogP) is 2.91. The van der Waals surface area contributed by atoms with Gasteiger partial charge < -0.3 is 19.8 Å². The van der Waals surface area contributed by atoms with Crippen molar-refractivity contribution >= 4 is 23.9 Å². The molecule has 0 unspecified atom stereocenters. The van der Waals surface area contributed by atoms with Crippen molar-refractivity contribution in [2.45, 2.75) is 6.61 Å². The van der Waals surface area contributed by atoms with Crippen molar-refractivity contribution in [3.8, 4) is 0 Å². The van der Waals surface area contributed by atoms with E-state index in [-0.39, 0.29) is 24.6 Å². The van der Waals surface area contributed by atoms with Gasteiger partial charge in [0.1, 0.15) is 18.8 Å². The molecule has 2 aromatic carbocycles. The maximum Gasteiger partial charge on any atom is 0.325 e. The molecule has 0 fully saturated rings. The Morgan fingerprint density at radius 1 is 0.900 bits per heavy atom. The van der Waals surface area contributed by atoms with E-state index in [1.54, 1.807) is 30.3 Å². The van der Waals surface area contributed by atoms with Gasteiger partial charge in [-0.25, -0.2) is 0 Å². The minimum absolute atomic E-state index is 0.0292. The van der Waals surface area contributed by atoms with Crippen molar-refractivity contribution in [3.05, 3.63) is 102 Å². The molecule has 0 saturated carbocycles. The molecule has 0 spiro atoms. The summed E-state index contributed by atoms with van der Waals surface area (Å²) < 4.78 is 10.2. The lowest BCUT2D eigenvalue weighted by Gasteiger charge is -2.10. The number of furan rings is 1. The Balaban J connectivity index is 1.62. The monoisotopic (exact) mass is 404 g/mol. The molecule has 0 saturated heterocycles. The lowest BCUT2D eigenvalue weighted by Crippen LogP contribution is -2.37. The molecule has 7 heteroatoms. The molecule has 0 atom stereocenters. The van der Waals surface area contributed by atoms with Gasteiger partial charge in [-0.15, -0.1) is 0 Å². The third-order valence-corrected chi connectivity index (χ3v) is 3.98. The first kappa shape index (κ1) is 20.6. The van der Waals surface area contributed by atoms with Crippen molar-refractivity contribution in [2.75, 3.05) is 6.54 Å². The Labute approximate surface area is 173 Å². The van der Waals surface area contributed by atoms with Crippen LogP contribution in [0.4, 0.5) is 0 Å². The number of benzene rings is 2. The van der Waals surface area contributed by atoms with Crippen LogP contribution in [0.2, 0.25) is 0 Å². The number of carbonyl (C=O) groups is 3. The number of rotatable bonds is 8. The highest BCUT2D eigenvalue weighted by atomic mass is 16.5. The van der Waals surface area contributed by atoms with Gasteiger partial charge >= 0.3 is 5.97 Å². The Bertz CT molecular complexity index is 1010. The fraction of sp³-hybridized carbons (Fsp3) is 0.0870. The minimum Gasteiger partial charge on any atom is -0.460 e. The van der Waals surface area contributed by atoms with E-state index in [0.717, 1.165) is 5.56 Å².